The van der Waals surface area contributed by atoms with Crippen molar-refractivity contribution in [3.8, 4) is 0 Å². The molecule has 0 saturated carbocycles. The van der Waals surface area contributed by atoms with E-state index in [0.717, 1.165) is 28.8 Å². The van der Waals surface area contributed by atoms with Crippen molar-refractivity contribution in [3.05, 3.63) is 69.6 Å². The summed E-state index contributed by atoms with van der Waals surface area (Å²) in [7, 11) is 0. The topological polar surface area (TPSA) is 20.3 Å². The highest BCUT2D eigenvalue weighted by molar-refractivity contribution is 8.27. The van der Waals surface area contributed by atoms with E-state index < -0.39 is 17.6 Å². The van der Waals surface area contributed by atoms with Gasteiger partial charge in [-0.05, 0) is 35.9 Å². The largest absolute Gasteiger partial charge is 0.416 e. The molecule has 1 aliphatic heterocycles. The summed E-state index contributed by atoms with van der Waals surface area (Å²) in [6.07, 6.45) is -2.92. The van der Waals surface area contributed by atoms with Crippen LogP contribution in [-0.4, -0.2) is 10.2 Å². The molecule has 3 rings (SSSR count). The lowest BCUT2D eigenvalue weighted by molar-refractivity contribution is -0.137. The van der Waals surface area contributed by atoms with E-state index in [9.17, 15) is 18.0 Å². The lowest BCUT2D eigenvalue weighted by atomic mass is 10.1. The van der Waals surface area contributed by atoms with Crippen molar-refractivity contribution in [2.45, 2.75) is 6.18 Å². The summed E-state index contributed by atoms with van der Waals surface area (Å²) in [4.78, 5) is 14.0. The molecule has 0 aromatic heterocycles. The third kappa shape index (κ3) is 3.73. The Bertz CT molecular complexity index is 895. The van der Waals surface area contributed by atoms with Crippen LogP contribution in [0.15, 0.2) is 53.4 Å². The Morgan fingerprint density at radius 2 is 1.84 bits per heavy atom. The van der Waals surface area contributed by atoms with Crippen molar-refractivity contribution < 1.29 is 18.0 Å². The predicted octanol–water partition coefficient (Wildman–Crippen LogP) is 5.76. The van der Waals surface area contributed by atoms with Gasteiger partial charge in [-0.3, -0.25) is 9.69 Å². The molecule has 8 heteroatoms. The van der Waals surface area contributed by atoms with Crippen molar-refractivity contribution >= 4 is 57.6 Å². The van der Waals surface area contributed by atoms with Gasteiger partial charge in [0.2, 0.25) is 0 Å². The first-order chi connectivity index (χ1) is 11.8. The zero-order valence-electron chi connectivity index (χ0n) is 12.4. The first-order valence-corrected chi connectivity index (χ1v) is 8.57. The van der Waals surface area contributed by atoms with E-state index in [1.807, 2.05) is 0 Å². The van der Waals surface area contributed by atoms with Gasteiger partial charge in [-0.2, -0.15) is 13.2 Å². The molecule has 1 amide bonds. The van der Waals surface area contributed by atoms with Crippen LogP contribution in [0.5, 0.6) is 0 Å². The van der Waals surface area contributed by atoms with Gasteiger partial charge in [-0.15, -0.1) is 0 Å². The number of alkyl halides is 3. The second kappa shape index (κ2) is 6.82. The van der Waals surface area contributed by atoms with Crippen LogP contribution in [0.2, 0.25) is 5.02 Å². The number of hydrogen-bond donors (Lipinski definition) is 0. The molecule has 1 fully saturated rings. The summed E-state index contributed by atoms with van der Waals surface area (Å²) >= 11 is 12.3. The molecule has 0 bridgehead atoms. The fourth-order valence-electron chi connectivity index (χ4n) is 2.25. The van der Waals surface area contributed by atoms with Gasteiger partial charge in [0, 0.05) is 5.02 Å². The second-order valence-electron chi connectivity index (χ2n) is 5.09. The molecule has 128 valence electrons. The van der Waals surface area contributed by atoms with Crippen LogP contribution in [-0.2, 0) is 11.0 Å². The molecule has 0 N–H and O–H groups in total. The number of rotatable bonds is 2. The van der Waals surface area contributed by atoms with Gasteiger partial charge < -0.3 is 0 Å². The minimum atomic E-state index is -4.50. The van der Waals surface area contributed by atoms with E-state index in [1.165, 1.54) is 12.1 Å². The molecule has 1 heterocycles. The molecule has 0 aliphatic carbocycles. The average Bonchev–Trinajstić information content (AvgIpc) is 2.83. The molecule has 0 spiro atoms. The lowest BCUT2D eigenvalue weighted by Crippen LogP contribution is -2.27. The highest BCUT2D eigenvalue weighted by atomic mass is 35.5. The smallest absolute Gasteiger partial charge is 0.268 e. The summed E-state index contributed by atoms with van der Waals surface area (Å²) < 4.78 is 38.8. The Morgan fingerprint density at radius 1 is 1.12 bits per heavy atom. The molecule has 25 heavy (non-hydrogen) atoms. The zero-order valence-corrected chi connectivity index (χ0v) is 14.8. The van der Waals surface area contributed by atoms with Crippen molar-refractivity contribution in [1.29, 1.82) is 0 Å². The number of amides is 1. The Balaban J connectivity index is 1.96. The average molecular weight is 400 g/mol. The maximum atomic E-state index is 12.9. The normalized spacial score (nSPS) is 16.8. The van der Waals surface area contributed by atoms with Crippen LogP contribution >= 0.6 is 35.6 Å². The molecule has 0 unspecified atom stereocenters. The van der Waals surface area contributed by atoms with Crippen LogP contribution in [0, 0.1) is 0 Å². The summed E-state index contributed by atoms with van der Waals surface area (Å²) in [5.74, 6) is -0.478. The fraction of sp³-hybridized carbons (Fsp3) is 0.0588. The maximum absolute atomic E-state index is 12.9. The Kier molecular flexibility index (Phi) is 4.90. The molecule has 1 aliphatic rings. The van der Waals surface area contributed by atoms with Gasteiger partial charge in [0.25, 0.3) is 5.91 Å². The SMILES string of the molecule is O=C1C(=Cc2ccccc2Cl)SC(=S)N1c1cccc(C(F)(F)F)c1. The number of carbonyl (C=O) groups is 1. The van der Waals surface area contributed by atoms with Crippen LogP contribution < -0.4 is 4.90 Å². The summed E-state index contributed by atoms with van der Waals surface area (Å²) in [5.41, 5.74) is -0.122. The number of benzene rings is 2. The first kappa shape index (κ1) is 18.0. The van der Waals surface area contributed by atoms with Crippen molar-refractivity contribution in [3.63, 3.8) is 0 Å². The number of nitrogens with zero attached hydrogens (tertiary/aromatic N) is 1. The Morgan fingerprint density at radius 3 is 2.52 bits per heavy atom. The minimum Gasteiger partial charge on any atom is -0.268 e. The number of anilines is 1. The molecule has 2 aromatic rings. The van der Waals surface area contributed by atoms with Crippen molar-refractivity contribution in [2.75, 3.05) is 4.90 Å². The van der Waals surface area contributed by atoms with Crippen molar-refractivity contribution in [2.24, 2.45) is 0 Å². The number of carbonyl (C=O) groups excluding carboxylic acids is 1. The van der Waals surface area contributed by atoms with E-state index in [0.29, 0.717) is 15.5 Å². The van der Waals surface area contributed by atoms with E-state index >= 15 is 0 Å². The lowest BCUT2D eigenvalue weighted by Gasteiger charge is -2.16. The van der Waals surface area contributed by atoms with Gasteiger partial charge in [0.15, 0.2) is 4.32 Å². The number of thioether (sulfide) groups is 1. The van der Waals surface area contributed by atoms with Gasteiger partial charge in [0.05, 0.1) is 16.2 Å². The third-order valence-electron chi connectivity index (χ3n) is 3.42. The summed E-state index contributed by atoms with van der Waals surface area (Å²) in [5, 5.41) is 0.465. The summed E-state index contributed by atoms with van der Waals surface area (Å²) in [6.45, 7) is 0. The van der Waals surface area contributed by atoms with E-state index in [-0.39, 0.29) is 10.0 Å². The quantitative estimate of drug-likeness (QED) is 0.472. The zero-order chi connectivity index (χ0) is 18.2. The fourth-order valence-corrected chi connectivity index (χ4v) is 3.73. The summed E-state index contributed by atoms with van der Waals surface area (Å²) in [6, 6.07) is 11.5. The van der Waals surface area contributed by atoms with Crippen LogP contribution in [0.3, 0.4) is 0 Å². The number of halogens is 4. The molecular weight excluding hydrogens is 391 g/mol. The van der Waals surface area contributed by atoms with E-state index in [1.54, 1.807) is 30.3 Å². The maximum Gasteiger partial charge on any atom is 0.416 e. The minimum absolute atomic E-state index is 0.0832. The second-order valence-corrected chi connectivity index (χ2v) is 7.17. The molecule has 1 saturated heterocycles. The standard InChI is InChI=1S/C17H9ClF3NOS2/c18-13-7-2-1-4-10(13)8-14-15(23)22(16(24)25-14)12-6-3-5-11(9-12)17(19,20)21/h1-9H. The Labute approximate surface area is 156 Å². The highest BCUT2D eigenvalue weighted by Gasteiger charge is 2.36. The van der Waals surface area contributed by atoms with Crippen LogP contribution in [0.25, 0.3) is 6.08 Å². The van der Waals surface area contributed by atoms with E-state index in [4.69, 9.17) is 23.8 Å². The molecular formula is C17H9ClF3NOS2. The van der Waals surface area contributed by atoms with Gasteiger partial charge in [-0.1, -0.05) is 59.8 Å². The molecule has 2 nitrogen and oxygen atoms in total. The highest BCUT2D eigenvalue weighted by Crippen LogP contribution is 2.38. The monoisotopic (exact) mass is 399 g/mol. The molecule has 0 atom stereocenters. The molecule has 2 aromatic carbocycles. The Hall–Kier alpha value is -1.83. The van der Waals surface area contributed by atoms with Gasteiger partial charge in [-0.25, -0.2) is 0 Å². The number of hydrogen-bond acceptors (Lipinski definition) is 3. The van der Waals surface area contributed by atoms with Crippen LogP contribution in [0.4, 0.5) is 18.9 Å². The molecule has 0 radical (unpaired) electrons. The van der Waals surface area contributed by atoms with Gasteiger partial charge >= 0.3 is 6.18 Å². The van der Waals surface area contributed by atoms with Gasteiger partial charge in [0.1, 0.15) is 0 Å². The predicted molar refractivity (Wildman–Crippen MR) is 98.5 cm³/mol. The third-order valence-corrected chi connectivity index (χ3v) is 5.06. The number of thiocarbonyl (C=S) groups is 1. The van der Waals surface area contributed by atoms with Crippen LogP contribution in [0.1, 0.15) is 11.1 Å². The van der Waals surface area contributed by atoms with Crippen molar-refractivity contribution in [1.82, 2.24) is 0 Å². The van der Waals surface area contributed by atoms with E-state index in [2.05, 4.69) is 0 Å². The first-order valence-electron chi connectivity index (χ1n) is 6.97.